The summed E-state index contributed by atoms with van der Waals surface area (Å²) in [6.07, 6.45) is -2.89. The Bertz CT molecular complexity index is 588. The number of hydrogen-bond acceptors (Lipinski definition) is 1. The number of halogens is 3. The Balaban J connectivity index is 2.32. The first kappa shape index (κ1) is 14.2. The van der Waals surface area contributed by atoms with Crippen LogP contribution in [0, 0.1) is 0 Å². The summed E-state index contributed by atoms with van der Waals surface area (Å²) in [6.45, 7) is 2.26. The van der Waals surface area contributed by atoms with Crippen LogP contribution in [0.4, 0.5) is 13.2 Å². The molecule has 0 amide bonds. The van der Waals surface area contributed by atoms with Gasteiger partial charge in [-0.1, -0.05) is 55.1 Å². The zero-order valence-corrected chi connectivity index (χ0v) is 10.7. The molecule has 0 saturated carbocycles. The highest BCUT2D eigenvalue weighted by Crippen LogP contribution is 2.29. The fraction of sp³-hybridized carbons (Fsp3) is 0.125. The lowest BCUT2D eigenvalue weighted by molar-refractivity contribution is -0.153. The van der Waals surface area contributed by atoms with Crippen LogP contribution in [0.1, 0.15) is 5.56 Å². The maximum absolute atomic E-state index is 12.2. The van der Waals surface area contributed by atoms with Crippen molar-refractivity contribution in [3.05, 3.63) is 60.7 Å². The van der Waals surface area contributed by atoms with Gasteiger partial charge in [0.05, 0.1) is 0 Å². The highest BCUT2D eigenvalue weighted by Gasteiger charge is 2.28. The van der Waals surface area contributed by atoms with Gasteiger partial charge in [0.1, 0.15) is 5.75 Å². The van der Waals surface area contributed by atoms with Crippen molar-refractivity contribution in [1.29, 1.82) is 0 Å². The Morgan fingerprint density at radius 2 is 1.70 bits per heavy atom. The molecule has 0 aliphatic rings. The molecule has 0 aromatic heterocycles. The molecular weight excluding hydrogens is 265 g/mol. The van der Waals surface area contributed by atoms with Gasteiger partial charge in [-0.3, -0.25) is 0 Å². The van der Waals surface area contributed by atoms with Crippen LogP contribution in [0.15, 0.2) is 55.1 Å². The Morgan fingerprint density at radius 3 is 2.30 bits per heavy atom. The molecule has 104 valence electrons. The molecule has 0 heterocycles. The molecule has 20 heavy (non-hydrogen) atoms. The van der Waals surface area contributed by atoms with E-state index in [1.807, 2.05) is 36.4 Å². The van der Waals surface area contributed by atoms with E-state index >= 15 is 0 Å². The molecule has 2 rings (SSSR count). The topological polar surface area (TPSA) is 9.23 Å². The fourth-order valence-corrected chi connectivity index (χ4v) is 1.80. The van der Waals surface area contributed by atoms with E-state index in [9.17, 15) is 13.2 Å². The Labute approximate surface area is 115 Å². The average molecular weight is 278 g/mol. The SMILES string of the molecule is C=Cc1ccc(-c2ccccc2)cc1OCC(F)(F)F. The second kappa shape index (κ2) is 5.82. The summed E-state index contributed by atoms with van der Waals surface area (Å²) in [5, 5.41) is 0. The molecule has 2 aromatic rings. The van der Waals surface area contributed by atoms with Crippen molar-refractivity contribution in [1.82, 2.24) is 0 Å². The number of benzene rings is 2. The zero-order chi connectivity index (χ0) is 14.6. The van der Waals surface area contributed by atoms with Gasteiger partial charge in [-0.05, 0) is 17.2 Å². The lowest BCUT2D eigenvalue weighted by Crippen LogP contribution is -2.19. The van der Waals surface area contributed by atoms with Crippen molar-refractivity contribution in [3.8, 4) is 16.9 Å². The van der Waals surface area contributed by atoms with Crippen molar-refractivity contribution < 1.29 is 17.9 Å². The van der Waals surface area contributed by atoms with E-state index in [0.717, 1.165) is 11.1 Å². The van der Waals surface area contributed by atoms with Gasteiger partial charge in [0.15, 0.2) is 6.61 Å². The van der Waals surface area contributed by atoms with Crippen LogP contribution in [0.2, 0.25) is 0 Å². The maximum Gasteiger partial charge on any atom is 0.422 e. The van der Waals surface area contributed by atoms with E-state index in [4.69, 9.17) is 4.74 Å². The molecule has 0 saturated heterocycles. The Morgan fingerprint density at radius 1 is 1.00 bits per heavy atom. The van der Waals surface area contributed by atoms with Crippen molar-refractivity contribution in [2.24, 2.45) is 0 Å². The number of ether oxygens (including phenoxy) is 1. The van der Waals surface area contributed by atoms with Crippen molar-refractivity contribution in [2.75, 3.05) is 6.61 Å². The summed E-state index contributed by atoms with van der Waals surface area (Å²) < 4.78 is 41.6. The van der Waals surface area contributed by atoms with E-state index in [-0.39, 0.29) is 5.75 Å². The molecule has 0 spiro atoms. The normalized spacial score (nSPS) is 11.2. The molecule has 0 radical (unpaired) electrons. The average Bonchev–Trinajstić information content (AvgIpc) is 2.45. The molecule has 2 aromatic carbocycles. The van der Waals surface area contributed by atoms with Gasteiger partial charge in [-0.15, -0.1) is 0 Å². The third-order valence-electron chi connectivity index (χ3n) is 2.73. The van der Waals surface area contributed by atoms with E-state index in [1.165, 1.54) is 6.08 Å². The van der Waals surface area contributed by atoms with Gasteiger partial charge >= 0.3 is 6.18 Å². The van der Waals surface area contributed by atoms with E-state index in [0.29, 0.717) is 5.56 Å². The fourth-order valence-electron chi connectivity index (χ4n) is 1.80. The highest BCUT2D eigenvalue weighted by molar-refractivity contribution is 5.69. The van der Waals surface area contributed by atoms with Crippen molar-refractivity contribution in [2.45, 2.75) is 6.18 Å². The van der Waals surface area contributed by atoms with Crippen molar-refractivity contribution >= 4 is 6.08 Å². The smallest absolute Gasteiger partial charge is 0.422 e. The lowest BCUT2D eigenvalue weighted by atomic mass is 10.0. The summed E-state index contributed by atoms with van der Waals surface area (Å²) in [5.74, 6) is 0.179. The molecule has 0 aliphatic heterocycles. The summed E-state index contributed by atoms with van der Waals surface area (Å²) in [5.41, 5.74) is 2.25. The third kappa shape index (κ3) is 3.63. The molecule has 0 N–H and O–H groups in total. The minimum absolute atomic E-state index is 0.179. The lowest BCUT2D eigenvalue weighted by Gasteiger charge is -2.13. The van der Waals surface area contributed by atoms with Crippen LogP contribution >= 0.6 is 0 Å². The Kier molecular flexibility index (Phi) is 4.13. The molecule has 0 fully saturated rings. The van der Waals surface area contributed by atoms with Crippen LogP contribution in [0.5, 0.6) is 5.75 Å². The summed E-state index contributed by atoms with van der Waals surface area (Å²) in [4.78, 5) is 0. The van der Waals surface area contributed by atoms with Crippen LogP contribution in [-0.2, 0) is 0 Å². The van der Waals surface area contributed by atoms with Crippen LogP contribution < -0.4 is 4.74 Å². The summed E-state index contributed by atoms with van der Waals surface area (Å²) in [7, 11) is 0. The van der Waals surface area contributed by atoms with Gasteiger partial charge in [0.2, 0.25) is 0 Å². The van der Waals surface area contributed by atoms with Gasteiger partial charge in [-0.25, -0.2) is 0 Å². The molecule has 0 atom stereocenters. The van der Waals surface area contributed by atoms with Crippen LogP contribution in [0.25, 0.3) is 17.2 Å². The predicted octanol–water partition coefficient (Wildman–Crippen LogP) is 4.94. The standard InChI is InChI=1S/C16H13F3O/c1-2-12-8-9-14(13-6-4-3-5-7-13)10-15(12)20-11-16(17,18)19/h2-10H,1,11H2. The minimum atomic E-state index is -4.36. The second-order valence-electron chi connectivity index (χ2n) is 4.23. The molecular formula is C16H13F3O. The van der Waals surface area contributed by atoms with E-state index in [2.05, 4.69) is 6.58 Å². The number of alkyl halides is 3. The van der Waals surface area contributed by atoms with Gasteiger partial charge in [-0.2, -0.15) is 13.2 Å². The monoisotopic (exact) mass is 278 g/mol. The largest absolute Gasteiger partial charge is 0.483 e. The number of hydrogen-bond donors (Lipinski definition) is 0. The van der Waals surface area contributed by atoms with Gasteiger partial charge in [0, 0.05) is 5.56 Å². The molecule has 0 aliphatic carbocycles. The molecule has 4 heteroatoms. The minimum Gasteiger partial charge on any atom is -0.483 e. The van der Waals surface area contributed by atoms with Crippen molar-refractivity contribution in [3.63, 3.8) is 0 Å². The first-order valence-corrected chi connectivity index (χ1v) is 6.01. The van der Waals surface area contributed by atoms with Crippen LogP contribution in [-0.4, -0.2) is 12.8 Å². The second-order valence-corrected chi connectivity index (χ2v) is 4.23. The third-order valence-corrected chi connectivity index (χ3v) is 2.73. The van der Waals surface area contributed by atoms with Crippen LogP contribution in [0.3, 0.4) is 0 Å². The first-order chi connectivity index (χ1) is 9.49. The predicted molar refractivity (Wildman–Crippen MR) is 73.5 cm³/mol. The molecule has 0 bridgehead atoms. The maximum atomic E-state index is 12.2. The van der Waals surface area contributed by atoms with Gasteiger partial charge < -0.3 is 4.74 Å². The molecule has 0 unspecified atom stereocenters. The zero-order valence-electron chi connectivity index (χ0n) is 10.7. The van der Waals surface area contributed by atoms with Gasteiger partial charge in [0.25, 0.3) is 0 Å². The molecule has 1 nitrogen and oxygen atoms in total. The van der Waals surface area contributed by atoms with E-state index in [1.54, 1.807) is 12.1 Å². The highest BCUT2D eigenvalue weighted by atomic mass is 19.4. The first-order valence-electron chi connectivity index (χ1n) is 6.01. The summed E-state index contributed by atoms with van der Waals surface area (Å²) >= 11 is 0. The Hall–Kier alpha value is -2.23. The number of rotatable bonds is 4. The summed E-state index contributed by atoms with van der Waals surface area (Å²) in [6, 6.07) is 14.5. The quantitative estimate of drug-likeness (QED) is 0.770. The van der Waals surface area contributed by atoms with E-state index < -0.39 is 12.8 Å².